The summed E-state index contributed by atoms with van der Waals surface area (Å²) in [5, 5.41) is 7.61. The number of carbonyl (C=O) groups excluding carboxylic acids is 2. The van der Waals surface area contributed by atoms with E-state index in [4.69, 9.17) is 4.74 Å². The summed E-state index contributed by atoms with van der Waals surface area (Å²) >= 11 is 0. The third kappa shape index (κ3) is 3.44. The van der Waals surface area contributed by atoms with Gasteiger partial charge in [-0.15, -0.1) is 0 Å². The van der Waals surface area contributed by atoms with Crippen molar-refractivity contribution in [1.29, 1.82) is 0 Å². The van der Waals surface area contributed by atoms with Gasteiger partial charge >= 0.3 is 0 Å². The van der Waals surface area contributed by atoms with Crippen LogP contribution in [-0.2, 0) is 4.79 Å². The Kier molecular flexibility index (Phi) is 4.66. The number of amides is 1. The molecule has 3 aromatic carbocycles. The van der Waals surface area contributed by atoms with Crippen molar-refractivity contribution in [3.05, 3.63) is 77.9 Å². The van der Waals surface area contributed by atoms with Gasteiger partial charge in [-0.25, -0.2) is 5.01 Å². The molecule has 5 nitrogen and oxygen atoms in total. The molecular formula is C22H18N2O3. The van der Waals surface area contributed by atoms with Crippen molar-refractivity contribution < 1.29 is 14.3 Å². The number of hydrogen-bond acceptors (Lipinski definition) is 4. The Hall–Kier alpha value is -3.47. The third-order valence-corrected chi connectivity index (χ3v) is 4.60. The Morgan fingerprint density at radius 2 is 1.81 bits per heavy atom. The van der Waals surface area contributed by atoms with Crippen molar-refractivity contribution in [3.63, 3.8) is 0 Å². The van der Waals surface area contributed by atoms with E-state index in [2.05, 4.69) is 5.10 Å². The number of benzene rings is 3. The first-order valence-corrected chi connectivity index (χ1v) is 8.79. The summed E-state index contributed by atoms with van der Waals surface area (Å²) in [6.45, 7) is 0.370. The van der Waals surface area contributed by atoms with Crippen LogP contribution in [0.25, 0.3) is 10.8 Å². The summed E-state index contributed by atoms with van der Waals surface area (Å²) in [6, 6.07) is 21.0. The van der Waals surface area contributed by atoms with Crippen LogP contribution in [0.1, 0.15) is 22.3 Å². The van der Waals surface area contributed by atoms with Crippen molar-refractivity contribution in [3.8, 4) is 5.75 Å². The molecule has 1 heterocycles. The number of hydrazone groups is 1. The molecule has 0 aliphatic carbocycles. The number of aldehydes is 1. The van der Waals surface area contributed by atoms with Crippen LogP contribution in [0.5, 0.6) is 5.75 Å². The van der Waals surface area contributed by atoms with Gasteiger partial charge in [0.25, 0.3) is 5.91 Å². The molecule has 0 radical (unpaired) electrons. The van der Waals surface area contributed by atoms with Crippen molar-refractivity contribution >= 4 is 28.7 Å². The molecular weight excluding hydrogens is 340 g/mol. The second kappa shape index (κ2) is 7.41. The molecule has 0 spiro atoms. The van der Waals surface area contributed by atoms with Crippen molar-refractivity contribution in [1.82, 2.24) is 5.01 Å². The zero-order valence-corrected chi connectivity index (χ0v) is 14.7. The number of rotatable bonds is 5. The zero-order chi connectivity index (χ0) is 18.6. The van der Waals surface area contributed by atoms with Crippen LogP contribution in [0.2, 0.25) is 0 Å². The number of ether oxygens (including phenoxy) is 1. The molecule has 0 saturated carbocycles. The molecule has 0 aromatic heterocycles. The Morgan fingerprint density at radius 1 is 1.04 bits per heavy atom. The lowest BCUT2D eigenvalue weighted by molar-refractivity contribution is -0.132. The van der Waals surface area contributed by atoms with E-state index in [1.54, 1.807) is 6.07 Å². The molecule has 1 amide bonds. The van der Waals surface area contributed by atoms with Crippen LogP contribution < -0.4 is 4.74 Å². The predicted molar refractivity (Wildman–Crippen MR) is 104 cm³/mol. The van der Waals surface area contributed by atoms with E-state index in [0.717, 1.165) is 28.3 Å². The maximum Gasteiger partial charge on any atom is 0.280 e. The number of nitrogens with zero attached hydrogens (tertiary/aromatic N) is 2. The monoisotopic (exact) mass is 358 g/mol. The summed E-state index contributed by atoms with van der Waals surface area (Å²) in [5.41, 5.74) is 2.37. The molecule has 0 unspecified atom stereocenters. The topological polar surface area (TPSA) is 59.0 Å². The molecule has 0 N–H and O–H groups in total. The SMILES string of the molecule is O=Cc1c(OCC(=O)N2CCC(c3ccccc3)=N2)ccc2ccccc12. The largest absolute Gasteiger partial charge is 0.483 e. The smallest absolute Gasteiger partial charge is 0.280 e. The van der Waals surface area contributed by atoms with Gasteiger partial charge in [0.1, 0.15) is 5.75 Å². The molecule has 0 atom stereocenters. The fraction of sp³-hybridized carbons (Fsp3) is 0.136. The predicted octanol–water partition coefficient (Wildman–Crippen LogP) is 3.67. The van der Waals surface area contributed by atoms with Crippen LogP contribution in [0.3, 0.4) is 0 Å². The Labute approximate surface area is 156 Å². The van der Waals surface area contributed by atoms with Crippen molar-refractivity contribution in [2.24, 2.45) is 5.10 Å². The summed E-state index contributed by atoms with van der Waals surface area (Å²) in [7, 11) is 0. The van der Waals surface area contributed by atoms with Crippen LogP contribution in [0.15, 0.2) is 71.8 Å². The average molecular weight is 358 g/mol. The van der Waals surface area contributed by atoms with Gasteiger partial charge in [-0.3, -0.25) is 9.59 Å². The lowest BCUT2D eigenvalue weighted by Crippen LogP contribution is -2.29. The van der Waals surface area contributed by atoms with Crippen LogP contribution in [-0.4, -0.2) is 36.1 Å². The first kappa shape index (κ1) is 17.0. The van der Waals surface area contributed by atoms with Crippen molar-refractivity contribution in [2.45, 2.75) is 6.42 Å². The second-order valence-electron chi connectivity index (χ2n) is 6.28. The van der Waals surface area contributed by atoms with E-state index in [1.807, 2.05) is 60.7 Å². The highest BCUT2D eigenvalue weighted by molar-refractivity contribution is 6.03. The van der Waals surface area contributed by atoms with Crippen LogP contribution >= 0.6 is 0 Å². The van der Waals surface area contributed by atoms with Gasteiger partial charge in [-0.2, -0.15) is 5.10 Å². The quantitative estimate of drug-likeness (QED) is 0.654. The summed E-state index contributed by atoms with van der Waals surface area (Å²) in [6.07, 6.45) is 1.48. The maximum absolute atomic E-state index is 12.5. The lowest BCUT2D eigenvalue weighted by atomic mass is 10.0. The molecule has 3 aromatic rings. The number of carbonyl (C=O) groups is 2. The molecule has 27 heavy (non-hydrogen) atoms. The van der Waals surface area contributed by atoms with E-state index in [9.17, 15) is 9.59 Å². The molecule has 0 fully saturated rings. The van der Waals surface area contributed by atoms with Crippen LogP contribution in [0.4, 0.5) is 0 Å². The molecule has 4 rings (SSSR count). The van der Waals surface area contributed by atoms with E-state index in [0.29, 0.717) is 24.3 Å². The fourth-order valence-electron chi connectivity index (χ4n) is 3.21. The fourth-order valence-corrected chi connectivity index (χ4v) is 3.21. The van der Waals surface area contributed by atoms with E-state index < -0.39 is 0 Å². The van der Waals surface area contributed by atoms with Crippen LogP contribution in [0, 0.1) is 0 Å². The molecule has 1 aliphatic heterocycles. The van der Waals surface area contributed by atoms with Gasteiger partial charge in [0.15, 0.2) is 12.9 Å². The highest BCUT2D eigenvalue weighted by Crippen LogP contribution is 2.26. The normalized spacial score (nSPS) is 13.5. The Morgan fingerprint density at radius 3 is 2.63 bits per heavy atom. The number of hydrogen-bond donors (Lipinski definition) is 0. The van der Waals surface area contributed by atoms with Gasteiger partial charge in [-0.1, -0.05) is 60.7 Å². The van der Waals surface area contributed by atoms with Gasteiger partial charge in [0, 0.05) is 6.42 Å². The first-order valence-electron chi connectivity index (χ1n) is 8.79. The zero-order valence-electron chi connectivity index (χ0n) is 14.7. The minimum atomic E-state index is -0.231. The maximum atomic E-state index is 12.5. The minimum Gasteiger partial charge on any atom is -0.483 e. The van der Waals surface area contributed by atoms with E-state index >= 15 is 0 Å². The molecule has 1 aliphatic rings. The highest BCUT2D eigenvalue weighted by atomic mass is 16.5. The first-order chi connectivity index (χ1) is 13.3. The second-order valence-corrected chi connectivity index (χ2v) is 6.28. The minimum absolute atomic E-state index is 0.162. The van der Waals surface area contributed by atoms with Gasteiger partial charge in [-0.05, 0) is 22.4 Å². The molecule has 5 heteroatoms. The van der Waals surface area contributed by atoms with E-state index in [1.165, 1.54) is 5.01 Å². The Balaban J connectivity index is 1.48. The van der Waals surface area contributed by atoms with Gasteiger partial charge in [0.05, 0.1) is 17.8 Å². The van der Waals surface area contributed by atoms with E-state index in [-0.39, 0.29) is 12.5 Å². The molecule has 134 valence electrons. The lowest BCUT2D eigenvalue weighted by Gasteiger charge is -2.14. The molecule has 0 saturated heterocycles. The third-order valence-electron chi connectivity index (χ3n) is 4.60. The summed E-state index contributed by atoms with van der Waals surface area (Å²) in [5.74, 6) is 0.175. The van der Waals surface area contributed by atoms with Crippen molar-refractivity contribution in [2.75, 3.05) is 13.2 Å². The average Bonchev–Trinajstić information content (AvgIpc) is 3.22. The van der Waals surface area contributed by atoms with Gasteiger partial charge < -0.3 is 4.74 Å². The number of fused-ring (bicyclic) bond motifs is 1. The van der Waals surface area contributed by atoms with Gasteiger partial charge in [0.2, 0.25) is 0 Å². The standard InChI is InChI=1S/C22H18N2O3/c25-14-19-18-9-5-4-6-16(18)10-11-21(19)27-15-22(26)24-13-12-20(23-24)17-7-2-1-3-8-17/h1-11,14H,12-13,15H2. The molecule has 0 bridgehead atoms. The Bertz CT molecular complexity index is 1030. The summed E-state index contributed by atoms with van der Waals surface area (Å²) < 4.78 is 5.66. The summed E-state index contributed by atoms with van der Waals surface area (Å²) in [4.78, 5) is 24.0. The highest BCUT2D eigenvalue weighted by Gasteiger charge is 2.22.